The van der Waals surface area contributed by atoms with Crippen LogP contribution < -0.4 is 5.32 Å². The number of carbonyl (C=O) groups is 2. The second-order valence-electron chi connectivity index (χ2n) is 5.68. The van der Waals surface area contributed by atoms with Gasteiger partial charge in [0.2, 0.25) is 0 Å². The maximum absolute atomic E-state index is 12.7. The lowest BCUT2D eigenvalue weighted by atomic mass is 9.99. The number of thioether (sulfide) groups is 1. The quantitative estimate of drug-likeness (QED) is 0.856. The zero-order chi connectivity index (χ0) is 15.9. The molecule has 3 amide bonds. The number of urea groups is 1. The second-order valence-corrected chi connectivity index (χ2v) is 6.78. The van der Waals surface area contributed by atoms with Crippen LogP contribution in [0.2, 0.25) is 0 Å². The van der Waals surface area contributed by atoms with Crippen LogP contribution in [0.1, 0.15) is 12.1 Å². The number of para-hydroxylation sites is 1. The molecule has 1 aromatic heterocycles. The minimum absolute atomic E-state index is 0.145. The van der Waals surface area contributed by atoms with E-state index in [2.05, 4.69) is 15.6 Å². The number of imide groups is 1. The molecular weight excluding hydrogens is 314 g/mol. The van der Waals surface area contributed by atoms with Gasteiger partial charge in [-0.1, -0.05) is 23.4 Å². The molecule has 1 unspecified atom stereocenters. The van der Waals surface area contributed by atoms with Gasteiger partial charge in [-0.3, -0.25) is 9.69 Å². The van der Waals surface area contributed by atoms with E-state index in [1.807, 2.05) is 30.3 Å². The van der Waals surface area contributed by atoms with Gasteiger partial charge in [-0.15, -0.1) is 5.10 Å². The molecule has 2 fully saturated rings. The minimum Gasteiger partial charge on any atom is -0.322 e. The van der Waals surface area contributed by atoms with E-state index in [-0.39, 0.29) is 18.5 Å². The molecule has 3 heterocycles. The Morgan fingerprint density at radius 2 is 2.09 bits per heavy atom. The molecule has 118 valence electrons. The number of hydrogen-bond donors (Lipinski definition) is 1. The molecule has 1 aromatic carbocycles. The van der Waals surface area contributed by atoms with Crippen molar-refractivity contribution in [2.75, 3.05) is 11.5 Å². The van der Waals surface area contributed by atoms with Gasteiger partial charge in [0.05, 0.1) is 24.1 Å². The summed E-state index contributed by atoms with van der Waals surface area (Å²) in [5, 5.41) is 10.8. The highest BCUT2D eigenvalue weighted by Gasteiger charge is 2.52. The third kappa shape index (κ3) is 2.29. The Bertz CT molecular complexity index is 754. The van der Waals surface area contributed by atoms with E-state index in [0.29, 0.717) is 17.9 Å². The highest BCUT2D eigenvalue weighted by atomic mass is 32.2. The second kappa shape index (κ2) is 5.38. The zero-order valence-corrected chi connectivity index (χ0v) is 13.1. The van der Waals surface area contributed by atoms with Crippen molar-refractivity contribution in [2.24, 2.45) is 0 Å². The van der Waals surface area contributed by atoms with Crippen molar-refractivity contribution < 1.29 is 9.59 Å². The normalized spacial score (nSPS) is 23.7. The maximum atomic E-state index is 12.7. The van der Waals surface area contributed by atoms with Crippen molar-refractivity contribution in [1.82, 2.24) is 25.2 Å². The van der Waals surface area contributed by atoms with E-state index in [9.17, 15) is 9.59 Å². The summed E-state index contributed by atoms with van der Waals surface area (Å²) in [6.07, 6.45) is 2.27. The first-order chi connectivity index (χ1) is 11.2. The topological polar surface area (TPSA) is 80.1 Å². The summed E-state index contributed by atoms with van der Waals surface area (Å²) in [6, 6.07) is 9.19. The maximum Gasteiger partial charge on any atom is 0.325 e. The molecule has 4 rings (SSSR count). The van der Waals surface area contributed by atoms with Crippen LogP contribution in [-0.2, 0) is 11.3 Å². The molecule has 7 nitrogen and oxygen atoms in total. The summed E-state index contributed by atoms with van der Waals surface area (Å²) < 4.78 is 1.65. The van der Waals surface area contributed by atoms with E-state index >= 15 is 0 Å². The van der Waals surface area contributed by atoms with Gasteiger partial charge in [-0.2, -0.15) is 11.8 Å². The monoisotopic (exact) mass is 329 g/mol. The van der Waals surface area contributed by atoms with Crippen LogP contribution >= 0.6 is 11.8 Å². The average Bonchev–Trinajstić information content (AvgIpc) is 3.26. The van der Waals surface area contributed by atoms with Crippen LogP contribution in [-0.4, -0.2) is 48.9 Å². The summed E-state index contributed by atoms with van der Waals surface area (Å²) >= 11 is 1.69. The van der Waals surface area contributed by atoms with Crippen LogP contribution in [0, 0.1) is 0 Å². The van der Waals surface area contributed by atoms with Crippen LogP contribution in [0.25, 0.3) is 5.69 Å². The van der Waals surface area contributed by atoms with Gasteiger partial charge < -0.3 is 5.32 Å². The fourth-order valence-corrected chi connectivity index (χ4v) is 4.29. The van der Waals surface area contributed by atoms with Gasteiger partial charge in [-0.05, 0) is 24.3 Å². The SMILES string of the molecule is O=C1NC2(CCSC2)C(=O)N1Cc1cnnn1-c1ccccc1. The number of amides is 3. The van der Waals surface area contributed by atoms with E-state index < -0.39 is 5.54 Å². The number of nitrogens with one attached hydrogen (secondary N) is 1. The van der Waals surface area contributed by atoms with Gasteiger partial charge in [0.15, 0.2) is 0 Å². The molecule has 1 spiro atoms. The first-order valence-corrected chi connectivity index (χ1v) is 8.52. The molecule has 0 aliphatic carbocycles. The van der Waals surface area contributed by atoms with Crippen LogP contribution in [0.5, 0.6) is 0 Å². The minimum atomic E-state index is -0.715. The Morgan fingerprint density at radius 1 is 1.26 bits per heavy atom. The van der Waals surface area contributed by atoms with Crippen molar-refractivity contribution in [1.29, 1.82) is 0 Å². The standard InChI is InChI=1S/C15H15N5O2S/c21-13-15(6-7-23-10-15)17-14(22)19(13)9-12-8-16-18-20(12)11-4-2-1-3-5-11/h1-5,8H,6-7,9-10H2,(H,17,22). The van der Waals surface area contributed by atoms with Crippen molar-refractivity contribution >= 4 is 23.7 Å². The van der Waals surface area contributed by atoms with E-state index in [4.69, 9.17) is 0 Å². The predicted molar refractivity (Wildman–Crippen MR) is 85.1 cm³/mol. The Kier molecular flexibility index (Phi) is 3.33. The van der Waals surface area contributed by atoms with Crippen molar-refractivity contribution in [3.63, 3.8) is 0 Å². The van der Waals surface area contributed by atoms with Gasteiger partial charge in [0.1, 0.15) is 5.54 Å². The Hall–Kier alpha value is -2.35. The summed E-state index contributed by atoms with van der Waals surface area (Å²) in [5.41, 5.74) is 0.827. The van der Waals surface area contributed by atoms with Crippen LogP contribution in [0.15, 0.2) is 36.5 Å². The molecule has 8 heteroatoms. The van der Waals surface area contributed by atoms with Crippen molar-refractivity contribution in [3.8, 4) is 5.69 Å². The van der Waals surface area contributed by atoms with Crippen LogP contribution in [0.4, 0.5) is 4.79 Å². The number of rotatable bonds is 3. The Morgan fingerprint density at radius 3 is 2.83 bits per heavy atom. The average molecular weight is 329 g/mol. The summed E-state index contributed by atoms with van der Waals surface area (Å²) in [6.45, 7) is 0.166. The van der Waals surface area contributed by atoms with Crippen LogP contribution in [0.3, 0.4) is 0 Å². The van der Waals surface area contributed by atoms with Gasteiger partial charge in [0, 0.05) is 5.75 Å². The fourth-order valence-electron chi connectivity index (χ4n) is 2.96. The largest absolute Gasteiger partial charge is 0.325 e. The van der Waals surface area contributed by atoms with Gasteiger partial charge >= 0.3 is 6.03 Å². The summed E-state index contributed by atoms with van der Waals surface area (Å²) in [7, 11) is 0. The molecule has 0 bridgehead atoms. The number of carbonyl (C=O) groups excluding carboxylic acids is 2. The Labute approximate surface area is 137 Å². The lowest BCUT2D eigenvalue weighted by molar-refractivity contribution is -0.130. The number of nitrogens with zero attached hydrogens (tertiary/aromatic N) is 4. The molecule has 1 N–H and O–H groups in total. The Balaban J connectivity index is 1.61. The lowest BCUT2D eigenvalue weighted by Gasteiger charge is -2.19. The van der Waals surface area contributed by atoms with E-state index in [1.54, 1.807) is 22.6 Å². The third-order valence-corrected chi connectivity index (χ3v) is 5.40. The highest BCUT2D eigenvalue weighted by Crippen LogP contribution is 2.34. The molecule has 2 aliphatic rings. The smallest absolute Gasteiger partial charge is 0.322 e. The number of aromatic nitrogens is 3. The van der Waals surface area contributed by atoms with Crippen molar-refractivity contribution in [2.45, 2.75) is 18.5 Å². The first-order valence-electron chi connectivity index (χ1n) is 7.36. The van der Waals surface area contributed by atoms with E-state index in [1.165, 1.54) is 4.90 Å². The third-order valence-electron chi connectivity index (χ3n) is 4.21. The van der Waals surface area contributed by atoms with E-state index in [0.717, 1.165) is 11.4 Å². The molecule has 0 saturated carbocycles. The molecule has 0 radical (unpaired) electrons. The summed E-state index contributed by atoms with van der Waals surface area (Å²) in [4.78, 5) is 26.2. The molecule has 23 heavy (non-hydrogen) atoms. The van der Waals surface area contributed by atoms with Gasteiger partial charge in [-0.25, -0.2) is 9.48 Å². The van der Waals surface area contributed by atoms with Crippen molar-refractivity contribution in [3.05, 3.63) is 42.2 Å². The zero-order valence-electron chi connectivity index (χ0n) is 12.3. The lowest BCUT2D eigenvalue weighted by Crippen LogP contribution is -2.46. The first kappa shape index (κ1) is 14.3. The molecule has 2 aromatic rings. The molecule has 1 atom stereocenters. The number of benzene rings is 1. The van der Waals surface area contributed by atoms with Gasteiger partial charge in [0.25, 0.3) is 5.91 Å². The molecule has 2 aliphatic heterocycles. The highest BCUT2D eigenvalue weighted by molar-refractivity contribution is 7.99. The predicted octanol–water partition coefficient (Wildman–Crippen LogP) is 1.19. The fraction of sp³-hybridized carbons (Fsp3) is 0.333. The molecular formula is C15H15N5O2S. The number of hydrogen-bond acceptors (Lipinski definition) is 5. The summed E-state index contributed by atoms with van der Waals surface area (Å²) in [5.74, 6) is 1.39. The molecule has 2 saturated heterocycles.